The normalized spacial score (nSPS) is 20.9. The van der Waals surface area contributed by atoms with Crippen LogP contribution in [0.25, 0.3) is 0 Å². The fraction of sp³-hybridized carbons (Fsp3) is 0.833. The number of carboxylic acid groups (broad SMARTS) is 1. The van der Waals surface area contributed by atoms with E-state index in [1.54, 1.807) is 6.92 Å². The first-order chi connectivity index (χ1) is 10.1. The Morgan fingerprint density at radius 1 is 1.50 bits per heavy atom. The van der Waals surface area contributed by atoms with Gasteiger partial charge in [-0.25, -0.2) is 8.42 Å². The minimum Gasteiger partial charge on any atom is -0.480 e. The number of rotatable bonds is 7. The molecular formula is C12H22N2O7S. The van der Waals surface area contributed by atoms with Crippen molar-refractivity contribution in [1.82, 2.24) is 9.21 Å². The predicted molar refractivity (Wildman–Crippen MR) is 76.8 cm³/mol. The summed E-state index contributed by atoms with van der Waals surface area (Å²) < 4.78 is 34.5. The summed E-state index contributed by atoms with van der Waals surface area (Å²) >= 11 is 0. The van der Waals surface area contributed by atoms with Crippen LogP contribution in [0.15, 0.2) is 0 Å². The number of methoxy groups -OCH3 is 1. The third-order valence-electron chi connectivity index (χ3n) is 3.34. The van der Waals surface area contributed by atoms with Gasteiger partial charge in [-0.15, -0.1) is 0 Å². The van der Waals surface area contributed by atoms with Crippen molar-refractivity contribution in [2.24, 2.45) is 0 Å². The van der Waals surface area contributed by atoms with Crippen molar-refractivity contribution in [3.8, 4) is 0 Å². The van der Waals surface area contributed by atoms with Gasteiger partial charge in [-0.1, -0.05) is 0 Å². The Morgan fingerprint density at radius 2 is 2.14 bits per heavy atom. The smallest absolute Gasteiger partial charge is 0.318 e. The molecule has 1 fully saturated rings. The van der Waals surface area contributed by atoms with Crippen LogP contribution in [0.4, 0.5) is 0 Å². The lowest BCUT2D eigenvalue weighted by molar-refractivity contribution is -0.149. The largest absolute Gasteiger partial charge is 0.480 e. The second kappa shape index (κ2) is 7.86. The summed E-state index contributed by atoms with van der Waals surface area (Å²) in [6.07, 6.45) is -0.228. The number of morpholine rings is 1. The van der Waals surface area contributed by atoms with E-state index < -0.39 is 34.7 Å². The van der Waals surface area contributed by atoms with E-state index in [0.717, 1.165) is 10.6 Å². The molecule has 1 aliphatic heterocycles. The van der Waals surface area contributed by atoms with E-state index in [1.807, 2.05) is 0 Å². The lowest BCUT2D eigenvalue weighted by Crippen LogP contribution is -2.53. The van der Waals surface area contributed by atoms with Gasteiger partial charge in [-0.05, 0) is 6.92 Å². The maximum Gasteiger partial charge on any atom is 0.318 e. The van der Waals surface area contributed by atoms with Gasteiger partial charge >= 0.3 is 5.97 Å². The molecule has 22 heavy (non-hydrogen) atoms. The summed E-state index contributed by atoms with van der Waals surface area (Å²) in [7, 11) is -2.24. The van der Waals surface area contributed by atoms with Crippen molar-refractivity contribution in [2.75, 3.05) is 46.2 Å². The Hall–Kier alpha value is -1.23. The molecule has 2 atom stereocenters. The number of hydrogen-bond acceptors (Lipinski definition) is 6. The number of carbonyl (C=O) groups is 2. The Kier molecular flexibility index (Phi) is 6.72. The molecule has 0 saturated carbocycles. The summed E-state index contributed by atoms with van der Waals surface area (Å²) in [5.41, 5.74) is 0. The molecule has 0 spiro atoms. The SMILES string of the molecule is COC(C)C(=O)N1CCOC(CN(CC(=O)O)S(C)(=O)=O)C1. The third-order valence-corrected chi connectivity index (χ3v) is 4.56. The van der Waals surface area contributed by atoms with Gasteiger partial charge in [0.05, 0.1) is 19.0 Å². The monoisotopic (exact) mass is 338 g/mol. The Balaban J connectivity index is 2.71. The van der Waals surface area contributed by atoms with Crippen molar-refractivity contribution >= 4 is 21.9 Å². The van der Waals surface area contributed by atoms with Crippen molar-refractivity contribution in [1.29, 1.82) is 0 Å². The molecule has 0 aromatic carbocycles. The highest BCUT2D eigenvalue weighted by Gasteiger charge is 2.31. The maximum absolute atomic E-state index is 12.1. The zero-order valence-corrected chi connectivity index (χ0v) is 13.7. The van der Waals surface area contributed by atoms with Crippen LogP contribution in [-0.4, -0.2) is 93.0 Å². The first-order valence-electron chi connectivity index (χ1n) is 6.75. The van der Waals surface area contributed by atoms with Gasteiger partial charge in [0.15, 0.2) is 0 Å². The number of carboxylic acids is 1. The summed E-state index contributed by atoms with van der Waals surface area (Å²) in [5, 5.41) is 8.79. The highest BCUT2D eigenvalue weighted by Crippen LogP contribution is 2.11. The molecule has 128 valence electrons. The minimum atomic E-state index is -3.67. The standard InChI is InChI=1S/C12H22N2O7S/c1-9(20-2)12(17)13-4-5-21-10(6-13)7-14(8-11(15)16)22(3,18)19/h9-10H,4-8H2,1-3H3,(H,15,16). The fourth-order valence-electron chi connectivity index (χ4n) is 2.08. The molecule has 2 unspecified atom stereocenters. The molecule has 0 radical (unpaired) electrons. The summed E-state index contributed by atoms with van der Waals surface area (Å²) in [6.45, 7) is 1.72. The van der Waals surface area contributed by atoms with E-state index in [9.17, 15) is 18.0 Å². The van der Waals surface area contributed by atoms with E-state index in [2.05, 4.69) is 0 Å². The number of aliphatic carboxylic acids is 1. The Morgan fingerprint density at radius 3 is 2.64 bits per heavy atom. The molecule has 1 saturated heterocycles. The van der Waals surface area contributed by atoms with E-state index >= 15 is 0 Å². The van der Waals surface area contributed by atoms with Gasteiger partial charge in [0.2, 0.25) is 10.0 Å². The number of nitrogens with zero attached hydrogens (tertiary/aromatic N) is 2. The second-order valence-electron chi connectivity index (χ2n) is 5.10. The zero-order chi connectivity index (χ0) is 16.9. The molecule has 10 heteroatoms. The third kappa shape index (κ3) is 5.52. The minimum absolute atomic E-state index is 0.115. The number of carbonyl (C=O) groups excluding carboxylic acids is 1. The van der Waals surface area contributed by atoms with Crippen LogP contribution in [0.5, 0.6) is 0 Å². The van der Waals surface area contributed by atoms with Crippen LogP contribution in [0.1, 0.15) is 6.92 Å². The molecule has 1 heterocycles. The molecule has 0 aromatic heterocycles. The van der Waals surface area contributed by atoms with Gasteiger partial charge in [0.1, 0.15) is 12.6 Å². The summed E-state index contributed by atoms with van der Waals surface area (Å²) in [4.78, 5) is 24.4. The molecule has 0 bridgehead atoms. The van der Waals surface area contributed by atoms with Crippen LogP contribution >= 0.6 is 0 Å². The molecular weight excluding hydrogens is 316 g/mol. The fourth-order valence-corrected chi connectivity index (χ4v) is 2.87. The van der Waals surface area contributed by atoms with E-state index in [0.29, 0.717) is 6.54 Å². The van der Waals surface area contributed by atoms with E-state index in [4.69, 9.17) is 14.6 Å². The zero-order valence-electron chi connectivity index (χ0n) is 12.9. The molecule has 0 aromatic rings. The average Bonchev–Trinajstić information content (AvgIpc) is 2.44. The lowest BCUT2D eigenvalue weighted by atomic mass is 10.2. The number of ether oxygens (including phenoxy) is 2. The molecule has 9 nitrogen and oxygen atoms in total. The molecule has 1 rings (SSSR count). The highest BCUT2D eigenvalue weighted by atomic mass is 32.2. The number of hydrogen-bond donors (Lipinski definition) is 1. The summed E-state index contributed by atoms with van der Waals surface area (Å²) in [6, 6.07) is 0. The Bertz CT molecular complexity index is 508. The van der Waals surface area contributed by atoms with E-state index in [1.165, 1.54) is 12.0 Å². The van der Waals surface area contributed by atoms with Crippen LogP contribution in [0.3, 0.4) is 0 Å². The molecule has 1 amide bonds. The van der Waals surface area contributed by atoms with Gasteiger partial charge in [0.25, 0.3) is 5.91 Å². The predicted octanol–water partition coefficient (Wildman–Crippen LogP) is -1.41. The van der Waals surface area contributed by atoms with Crippen molar-refractivity contribution in [2.45, 2.75) is 19.1 Å². The first-order valence-corrected chi connectivity index (χ1v) is 8.60. The first kappa shape index (κ1) is 18.8. The van der Waals surface area contributed by atoms with Crippen LogP contribution in [0.2, 0.25) is 0 Å². The van der Waals surface area contributed by atoms with Gasteiger partial charge in [-0.2, -0.15) is 4.31 Å². The number of sulfonamides is 1. The topological polar surface area (TPSA) is 113 Å². The van der Waals surface area contributed by atoms with Crippen LogP contribution < -0.4 is 0 Å². The summed E-state index contributed by atoms with van der Waals surface area (Å²) in [5.74, 6) is -1.46. The Labute approximate surface area is 129 Å². The van der Waals surface area contributed by atoms with Gasteiger partial charge in [0, 0.05) is 26.7 Å². The molecule has 1 N–H and O–H groups in total. The maximum atomic E-state index is 12.1. The average molecular weight is 338 g/mol. The van der Waals surface area contributed by atoms with E-state index in [-0.39, 0.29) is 25.6 Å². The molecule has 0 aliphatic carbocycles. The quantitative estimate of drug-likeness (QED) is 0.607. The van der Waals surface area contributed by atoms with Crippen molar-refractivity contribution < 1.29 is 32.6 Å². The second-order valence-corrected chi connectivity index (χ2v) is 7.09. The van der Waals surface area contributed by atoms with Gasteiger partial charge < -0.3 is 19.5 Å². The van der Waals surface area contributed by atoms with Crippen LogP contribution in [-0.2, 0) is 29.1 Å². The number of amides is 1. The van der Waals surface area contributed by atoms with Crippen LogP contribution in [0, 0.1) is 0 Å². The highest BCUT2D eigenvalue weighted by molar-refractivity contribution is 7.88. The van der Waals surface area contributed by atoms with Gasteiger partial charge in [-0.3, -0.25) is 9.59 Å². The lowest BCUT2D eigenvalue weighted by Gasteiger charge is -2.35. The van der Waals surface area contributed by atoms with Crippen molar-refractivity contribution in [3.05, 3.63) is 0 Å². The van der Waals surface area contributed by atoms with Crippen molar-refractivity contribution in [3.63, 3.8) is 0 Å². The molecule has 1 aliphatic rings.